The lowest BCUT2D eigenvalue weighted by atomic mass is 10.2. The fraction of sp³-hybridized carbons (Fsp3) is 0.778. The Morgan fingerprint density at radius 1 is 1.69 bits per heavy atom. The van der Waals surface area contributed by atoms with E-state index in [1.165, 1.54) is 0 Å². The maximum atomic E-state index is 11.4. The number of nitrogens with zero attached hydrogens (tertiary/aromatic N) is 1. The zero-order valence-corrected chi connectivity index (χ0v) is 7.68. The SMILES string of the molecule is N#CCCCNC(=O)[C@H]1CCCN1. The largest absolute Gasteiger partial charge is 0.355 e. The Hall–Kier alpha value is -1.08. The molecule has 0 bridgehead atoms. The third-order valence-corrected chi connectivity index (χ3v) is 2.14. The summed E-state index contributed by atoms with van der Waals surface area (Å²) in [6.07, 6.45) is 3.27. The van der Waals surface area contributed by atoms with Crippen LogP contribution in [0.4, 0.5) is 0 Å². The van der Waals surface area contributed by atoms with E-state index in [2.05, 4.69) is 10.6 Å². The summed E-state index contributed by atoms with van der Waals surface area (Å²) in [5.74, 6) is 0.0791. The van der Waals surface area contributed by atoms with Crippen molar-refractivity contribution < 1.29 is 4.79 Å². The van der Waals surface area contributed by atoms with E-state index < -0.39 is 0 Å². The fourth-order valence-corrected chi connectivity index (χ4v) is 1.41. The van der Waals surface area contributed by atoms with Crippen LogP contribution < -0.4 is 10.6 Å². The Bertz CT molecular complexity index is 203. The molecule has 1 fully saturated rings. The van der Waals surface area contributed by atoms with E-state index in [1.807, 2.05) is 6.07 Å². The number of nitriles is 1. The van der Waals surface area contributed by atoms with Gasteiger partial charge in [0.1, 0.15) is 0 Å². The standard InChI is InChI=1S/C9H15N3O/c10-5-1-2-6-12-9(13)8-4-3-7-11-8/h8,11H,1-4,6-7H2,(H,12,13)/t8-/m1/s1. The van der Waals surface area contributed by atoms with E-state index in [0.717, 1.165) is 25.8 Å². The van der Waals surface area contributed by atoms with E-state index in [1.54, 1.807) is 0 Å². The predicted molar refractivity (Wildman–Crippen MR) is 48.9 cm³/mol. The molecule has 4 nitrogen and oxygen atoms in total. The van der Waals surface area contributed by atoms with Gasteiger partial charge >= 0.3 is 0 Å². The lowest BCUT2D eigenvalue weighted by Gasteiger charge is -2.09. The van der Waals surface area contributed by atoms with Crippen molar-refractivity contribution in [2.45, 2.75) is 31.7 Å². The first-order valence-electron chi connectivity index (χ1n) is 4.72. The second-order valence-corrected chi connectivity index (χ2v) is 3.20. The van der Waals surface area contributed by atoms with E-state index in [0.29, 0.717) is 13.0 Å². The summed E-state index contributed by atoms with van der Waals surface area (Å²) in [5.41, 5.74) is 0. The molecule has 1 aliphatic heterocycles. The third-order valence-electron chi connectivity index (χ3n) is 2.14. The average molecular weight is 181 g/mol. The first kappa shape index (κ1) is 10.0. The smallest absolute Gasteiger partial charge is 0.237 e. The molecule has 4 heteroatoms. The summed E-state index contributed by atoms with van der Waals surface area (Å²) in [4.78, 5) is 11.4. The molecule has 1 aliphatic rings. The van der Waals surface area contributed by atoms with Crippen LogP contribution in [0.25, 0.3) is 0 Å². The highest BCUT2D eigenvalue weighted by Crippen LogP contribution is 2.04. The van der Waals surface area contributed by atoms with Crippen LogP contribution in [0.2, 0.25) is 0 Å². The summed E-state index contributed by atoms with van der Waals surface area (Å²) in [6.45, 7) is 1.56. The van der Waals surface area contributed by atoms with Gasteiger partial charge in [0.05, 0.1) is 12.1 Å². The Kier molecular flexibility index (Phi) is 4.27. The number of carbonyl (C=O) groups is 1. The first-order chi connectivity index (χ1) is 6.34. The van der Waals surface area contributed by atoms with Crippen LogP contribution in [-0.4, -0.2) is 25.0 Å². The molecule has 1 atom stereocenters. The van der Waals surface area contributed by atoms with Gasteiger partial charge in [-0.05, 0) is 25.8 Å². The quantitative estimate of drug-likeness (QED) is 0.607. The maximum absolute atomic E-state index is 11.4. The van der Waals surface area contributed by atoms with Gasteiger partial charge in [-0.25, -0.2) is 0 Å². The molecule has 0 aromatic carbocycles. The number of hydrogen-bond acceptors (Lipinski definition) is 3. The molecule has 1 amide bonds. The molecule has 0 unspecified atom stereocenters. The van der Waals surface area contributed by atoms with E-state index in [9.17, 15) is 4.79 Å². The molecule has 1 heterocycles. The van der Waals surface area contributed by atoms with Crippen molar-refractivity contribution in [3.8, 4) is 6.07 Å². The second-order valence-electron chi connectivity index (χ2n) is 3.20. The number of amides is 1. The molecule has 1 saturated heterocycles. The zero-order valence-electron chi connectivity index (χ0n) is 7.68. The van der Waals surface area contributed by atoms with Gasteiger partial charge in [0.25, 0.3) is 0 Å². The number of rotatable bonds is 4. The minimum absolute atomic E-state index is 0.00193. The Labute approximate surface area is 78.3 Å². The molecule has 0 aromatic heterocycles. The Morgan fingerprint density at radius 2 is 2.54 bits per heavy atom. The molecule has 0 aliphatic carbocycles. The molecular formula is C9H15N3O. The van der Waals surface area contributed by atoms with Gasteiger partial charge in [0, 0.05) is 13.0 Å². The number of nitrogens with one attached hydrogen (secondary N) is 2. The monoisotopic (exact) mass is 181 g/mol. The lowest BCUT2D eigenvalue weighted by molar-refractivity contribution is -0.122. The van der Waals surface area contributed by atoms with Gasteiger partial charge in [0.15, 0.2) is 0 Å². The van der Waals surface area contributed by atoms with Gasteiger partial charge in [-0.3, -0.25) is 4.79 Å². The van der Waals surface area contributed by atoms with Crippen LogP contribution in [0.1, 0.15) is 25.7 Å². The van der Waals surface area contributed by atoms with Crippen molar-refractivity contribution in [1.82, 2.24) is 10.6 Å². The number of carbonyl (C=O) groups excluding carboxylic acids is 1. The molecule has 2 N–H and O–H groups in total. The Balaban J connectivity index is 2.07. The molecule has 0 spiro atoms. The predicted octanol–water partition coefficient (Wildman–Crippen LogP) is 0.158. The molecular weight excluding hydrogens is 166 g/mol. The molecule has 0 radical (unpaired) electrons. The molecule has 0 aromatic rings. The fourth-order valence-electron chi connectivity index (χ4n) is 1.41. The van der Waals surface area contributed by atoms with E-state index >= 15 is 0 Å². The topological polar surface area (TPSA) is 64.9 Å². The van der Waals surface area contributed by atoms with Gasteiger partial charge in [-0.15, -0.1) is 0 Å². The molecule has 13 heavy (non-hydrogen) atoms. The van der Waals surface area contributed by atoms with Crippen LogP contribution in [0.5, 0.6) is 0 Å². The first-order valence-corrected chi connectivity index (χ1v) is 4.72. The van der Waals surface area contributed by atoms with Crippen molar-refractivity contribution in [1.29, 1.82) is 5.26 Å². The summed E-state index contributed by atoms with van der Waals surface area (Å²) in [6, 6.07) is 2.05. The minimum Gasteiger partial charge on any atom is -0.355 e. The van der Waals surface area contributed by atoms with E-state index in [-0.39, 0.29) is 11.9 Å². The minimum atomic E-state index is 0.00193. The second kappa shape index (κ2) is 5.55. The highest BCUT2D eigenvalue weighted by atomic mass is 16.2. The lowest BCUT2D eigenvalue weighted by Crippen LogP contribution is -2.40. The number of hydrogen-bond donors (Lipinski definition) is 2. The van der Waals surface area contributed by atoms with Gasteiger partial charge in [-0.1, -0.05) is 0 Å². The summed E-state index contributed by atoms with van der Waals surface area (Å²) in [5, 5.41) is 14.2. The van der Waals surface area contributed by atoms with Gasteiger partial charge in [0.2, 0.25) is 5.91 Å². The molecule has 72 valence electrons. The highest BCUT2D eigenvalue weighted by molar-refractivity contribution is 5.81. The van der Waals surface area contributed by atoms with Gasteiger partial charge in [-0.2, -0.15) is 5.26 Å². The third kappa shape index (κ3) is 3.43. The van der Waals surface area contributed by atoms with Crippen molar-refractivity contribution in [2.24, 2.45) is 0 Å². The normalized spacial score (nSPS) is 21.0. The van der Waals surface area contributed by atoms with Crippen LogP contribution in [0, 0.1) is 11.3 Å². The van der Waals surface area contributed by atoms with Crippen LogP contribution in [0.15, 0.2) is 0 Å². The van der Waals surface area contributed by atoms with Crippen molar-refractivity contribution in [2.75, 3.05) is 13.1 Å². The highest BCUT2D eigenvalue weighted by Gasteiger charge is 2.20. The summed E-state index contributed by atoms with van der Waals surface area (Å²) >= 11 is 0. The zero-order chi connectivity index (χ0) is 9.52. The number of unbranched alkanes of at least 4 members (excludes halogenated alkanes) is 1. The van der Waals surface area contributed by atoms with Crippen LogP contribution in [0.3, 0.4) is 0 Å². The Morgan fingerprint density at radius 3 is 3.15 bits per heavy atom. The molecule has 0 saturated carbocycles. The average Bonchev–Trinajstić information content (AvgIpc) is 2.65. The van der Waals surface area contributed by atoms with Crippen molar-refractivity contribution >= 4 is 5.91 Å². The van der Waals surface area contributed by atoms with Crippen LogP contribution >= 0.6 is 0 Å². The summed E-state index contributed by atoms with van der Waals surface area (Å²) < 4.78 is 0. The summed E-state index contributed by atoms with van der Waals surface area (Å²) in [7, 11) is 0. The maximum Gasteiger partial charge on any atom is 0.237 e. The van der Waals surface area contributed by atoms with Crippen molar-refractivity contribution in [3.05, 3.63) is 0 Å². The van der Waals surface area contributed by atoms with E-state index in [4.69, 9.17) is 5.26 Å². The van der Waals surface area contributed by atoms with Crippen molar-refractivity contribution in [3.63, 3.8) is 0 Å². The van der Waals surface area contributed by atoms with Crippen LogP contribution in [-0.2, 0) is 4.79 Å². The van der Waals surface area contributed by atoms with Gasteiger partial charge < -0.3 is 10.6 Å². The molecule has 1 rings (SSSR count).